The summed E-state index contributed by atoms with van der Waals surface area (Å²) in [5, 5.41) is 0. The minimum Gasteiger partial charge on any atom is -0.399 e. The smallest absolute Gasteiger partial charge is 0.399 e. The van der Waals surface area contributed by atoms with Crippen LogP contribution < -0.4 is 5.73 Å². The van der Waals surface area contributed by atoms with Crippen LogP contribution in [0.5, 0.6) is 0 Å². The molecule has 0 saturated heterocycles. The third-order valence-corrected chi connectivity index (χ3v) is 3.17. The molecule has 0 spiro atoms. The van der Waals surface area contributed by atoms with E-state index in [1.807, 2.05) is 0 Å². The number of rotatable bonds is 4. The molecular formula is C9H8F5NO2S. The quantitative estimate of drug-likeness (QED) is 0.683. The van der Waals surface area contributed by atoms with Crippen LogP contribution in [0.4, 0.5) is 27.6 Å². The van der Waals surface area contributed by atoms with Gasteiger partial charge in [0.25, 0.3) is 0 Å². The second kappa shape index (κ2) is 5.61. The number of nitrogens with two attached hydrogens (primary N) is 1. The molecule has 1 aromatic carbocycles. The lowest BCUT2D eigenvalue weighted by Gasteiger charge is -2.08. The van der Waals surface area contributed by atoms with E-state index in [2.05, 4.69) is 4.74 Å². The summed E-state index contributed by atoms with van der Waals surface area (Å²) in [6.45, 7) is -0.959. The molecule has 0 aliphatic rings. The lowest BCUT2D eigenvalue weighted by molar-refractivity contribution is -0.322. The third-order valence-electron chi connectivity index (χ3n) is 1.78. The van der Waals surface area contributed by atoms with Gasteiger partial charge in [-0.25, -0.2) is 8.78 Å². The van der Waals surface area contributed by atoms with Crippen LogP contribution in [0.15, 0.2) is 17.0 Å². The van der Waals surface area contributed by atoms with Crippen molar-refractivity contribution in [2.24, 2.45) is 0 Å². The monoisotopic (exact) mass is 289 g/mol. The van der Waals surface area contributed by atoms with E-state index in [0.29, 0.717) is 0 Å². The third kappa shape index (κ3) is 4.22. The zero-order valence-electron chi connectivity index (χ0n) is 8.76. The molecule has 1 atom stereocenters. The van der Waals surface area contributed by atoms with Crippen LogP contribution >= 0.6 is 0 Å². The highest BCUT2D eigenvalue weighted by atomic mass is 32.2. The highest BCUT2D eigenvalue weighted by Gasteiger charge is 2.29. The molecule has 0 fully saturated rings. The Morgan fingerprint density at radius 3 is 2.17 bits per heavy atom. The average molecular weight is 289 g/mol. The first kappa shape index (κ1) is 14.8. The van der Waals surface area contributed by atoms with Gasteiger partial charge in [-0.1, -0.05) is 0 Å². The fraction of sp³-hybridized carbons (Fsp3) is 0.333. The lowest BCUT2D eigenvalue weighted by atomic mass is 10.3. The first-order chi connectivity index (χ1) is 8.20. The molecule has 0 heterocycles. The molecule has 0 aliphatic carbocycles. The van der Waals surface area contributed by atoms with Gasteiger partial charge in [-0.15, -0.1) is 13.2 Å². The molecule has 1 rings (SSSR count). The molecule has 1 aromatic rings. The van der Waals surface area contributed by atoms with Gasteiger partial charge in [-0.05, 0) is 12.1 Å². The summed E-state index contributed by atoms with van der Waals surface area (Å²) in [5.41, 5.74) is 4.92. The average Bonchev–Trinajstić information content (AvgIpc) is 2.13. The van der Waals surface area contributed by atoms with Gasteiger partial charge in [0.2, 0.25) is 0 Å². The van der Waals surface area contributed by atoms with Crippen molar-refractivity contribution in [2.45, 2.75) is 11.3 Å². The molecule has 2 N–H and O–H groups in total. The van der Waals surface area contributed by atoms with Crippen LogP contribution in [0.25, 0.3) is 0 Å². The van der Waals surface area contributed by atoms with Gasteiger partial charge in [0.15, 0.2) is 0 Å². The summed E-state index contributed by atoms with van der Waals surface area (Å²) in [5.74, 6) is -3.02. The second-order valence-corrected chi connectivity index (χ2v) is 4.67. The molecule has 102 valence electrons. The van der Waals surface area contributed by atoms with Gasteiger partial charge in [0, 0.05) is 5.69 Å². The Bertz CT molecular complexity index is 440. The zero-order valence-corrected chi connectivity index (χ0v) is 9.58. The van der Waals surface area contributed by atoms with E-state index >= 15 is 0 Å². The standard InChI is InChI=1S/C9H8F5NO2S/c10-6-3-5(15)4-7(11)8(6)18(16)2-1-17-9(12,13)14/h3-4H,1-2,15H2. The Kier molecular flexibility index (Phi) is 4.63. The van der Waals surface area contributed by atoms with Crippen molar-refractivity contribution in [3.8, 4) is 0 Å². The maximum absolute atomic E-state index is 13.2. The summed E-state index contributed by atoms with van der Waals surface area (Å²) < 4.78 is 76.2. The van der Waals surface area contributed by atoms with Crippen LogP contribution in [0.2, 0.25) is 0 Å². The number of hydrogen-bond donors (Lipinski definition) is 1. The zero-order chi connectivity index (χ0) is 13.9. The topological polar surface area (TPSA) is 52.3 Å². The van der Waals surface area contributed by atoms with E-state index in [1.54, 1.807) is 0 Å². The van der Waals surface area contributed by atoms with Gasteiger partial charge in [0.1, 0.15) is 16.5 Å². The van der Waals surface area contributed by atoms with Gasteiger partial charge >= 0.3 is 6.36 Å². The molecule has 9 heteroatoms. The minimum atomic E-state index is -4.87. The fourth-order valence-corrected chi connectivity index (χ4v) is 2.12. The molecule has 0 bridgehead atoms. The van der Waals surface area contributed by atoms with Crippen molar-refractivity contribution >= 4 is 16.5 Å². The van der Waals surface area contributed by atoms with Crippen molar-refractivity contribution in [1.29, 1.82) is 0 Å². The maximum Gasteiger partial charge on any atom is 0.522 e. The number of nitrogen functional groups attached to an aromatic ring is 1. The Hall–Kier alpha value is -1.22. The van der Waals surface area contributed by atoms with E-state index in [4.69, 9.17) is 5.73 Å². The molecule has 1 unspecified atom stereocenters. The Labute approximate surface area is 101 Å². The Morgan fingerprint density at radius 1 is 1.22 bits per heavy atom. The van der Waals surface area contributed by atoms with Crippen LogP contribution in [0, 0.1) is 11.6 Å². The first-order valence-corrected chi connectivity index (χ1v) is 5.86. The summed E-state index contributed by atoms with van der Waals surface area (Å²) in [7, 11) is -2.28. The number of ether oxygens (including phenoxy) is 1. The molecule has 18 heavy (non-hydrogen) atoms. The van der Waals surface area contributed by atoms with E-state index in [9.17, 15) is 26.2 Å². The van der Waals surface area contributed by atoms with Crippen molar-refractivity contribution < 1.29 is 30.9 Å². The Balaban J connectivity index is 2.74. The van der Waals surface area contributed by atoms with Crippen LogP contribution in [-0.2, 0) is 15.5 Å². The van der Waals surface area contributed by atoms with Crippen LogP contribution in [0.3, 0.4) is 0 Å². The van der Waals surface area contributed by atoms with E-state index in [0.717, 1.165) is 12.1 Å². The Morgan fingerprint density at radius 2 is 1.72 bits per heavy atom. The molecular weight excluding hydrogens is 281 g/mol. The van der Waals surface area contributed by atoms with E-state index < -0.39 is 46.1 Å². The molecule has 0 radical (unpaired) electrons. The maximum atomic E-state index is 13.2. The van der Waals surface area contributed by atoms with Crippen molar-refractivity contribution in [3.05, 3.63) is 23.8 Å². The number of alkyl halides is 3. The molecule has 3 nitrogen and oxygen atoms in total. The van der Waals surface area contributed by atoms with Crippen LogP contribution in [-0.4, -0.2) is 22.9 Å². The van der Waals surface area contributed by atoms with Gasteiger partial charge in [0.05, 0.1) is 23.2 Å². The van der Waals surface area contributed by atoms with Gasteiger partial charge in [-0.3, -0.25) is 8.95 Å². The predicted molar refractivity (Wildman–Crippen MR) is 54.1 cm³/mol. The molecule has 0 aromatic heterocycles. The summed E-state index contributed by atoms with van der Waals surface area (Å²) >= 11 is 0. The molecule has 0 amide bonds. The van der Waals surface area contributed by atoms with Gasteiger partial charge in [-0.2, -0.15) is 0 Å². The first-order valence-electron chi connectivity index (χ1n) is 4.54. The number of hydrogen-bond acceptors (Lipinski definition) is 3. The normalized spacial score (nSPS) is 13.6. The van der Waals surface area contributed by atoms with Crippen molar-refractivity contribution in [2.75, 3.05) is 18.1 Å². The number of halogens is 5. The van der Waals surface area contributed by atoms with Crippen LogP contribution in [0.1, 0.15) is 0 Å². The lowest BCUT2D eigenvalue weighted by Crippen LogP contribution is -2.18. The predicted octanol–water partition coefficient (Wildman–Crippen LogP) is 2.19. The SMILES string of the molecule is Nc1cc(F)c(S(=O)CCOC(F)(F)F)c(F)c1. The second-order valence-electron chi connectivity index (χ2n) is 3.16. The van der Waals surface area contributed by atoms with Crippen molar-refractivity contribution in [1.82, 2.24) is 0 Å². The van der Waals surface area contributed by atoms with Gasteiger partial charge < -0.3 is 5.73 Å². The van der Waals surface area contributed by atoms with E-state index in [1.165, 1.54) is 0 Å². The molecule has 0 saturated carbocycles. The van der Waals surface area contributed by atoms with Crippen molar-refractivity contribution in [3.63, 3.8) is 0 Å². The number of benzene rings is 1. The van der Waals surface area contributed by atoms with E-state index in [-0.39, 0.29) is 5.69 Å². The summed E-state index contributed by atoms with van der Waals surface area (Å²) in [4.78, 5) is -0.810. The highest BCUT2D eigenvalue weighted by molar-refractivity contribution is 7.85. The summed E-state index contributed by atoms with van der Waals surface area (Å²) in [6, 6.07) is 1.47. The fourth-order valence-electron chi connectivity index (χ4n) is 1.13. The largest absolute Gasteiger partial charge is 0.522 e. The summed E-state index contributed by atoms with van der Waals surface area (Å²) in [6.07, 6.45) is -4.87. The minimum absolute atomic E-state index is 0.211. The highest BCUT2D eigenvalue weighted by Crippen LogP contribution is 2.21. The number of anilines is 1. The molecule has 0 aliphatic heterocycles.